The van der Waals surface area contributed by atoms with E-state index in [9.17, 15) is 38.4 Å². The molecule has 0 spiro atoms. The summed E-state index contributed by atoms with van der Waals surface area (Å²) in [7, 11) is 0. The fourth-order valence-corrected chi connectivity index (χ4v) is 5.13. The third-order valence-electron chi connectivity index (χ3n) is 8.44. The van der Waals surface area contributed by atoms with Crippen molar-refractivity contribution in [3.63, 3.8) is 0 Å². The summed E-state index contributed by atoms with van der Waals surface area (Å²) < 4.78 is 13.7. The van der Waals surface area contributed by atoms with Crippen molar-refractivity contribution in [3.8, 4) is 0 Å². The number of esters is 4. The lowest BCUT2D eigenvalue weighted by molar-refractivity contribution is -0.157. The van der Waals surface area contributed by atoms with E-state index in [4.69, 9.17) is 47.7 Å². The molecular formula is C38H76ClN7O14. The highest BCUT2D eigenvalue weighted by atomic mass is 35.5. The summed E-state index contributed by atoms with van der Waals surface area (Å²) in [4.78, 5) is 91.0. The monoisotopic (exact) mass is 890 g/mol. The van der Waals surface area contributed by atoms with Crippen LogP contribution in [0.15, 0.2) is 0 Å². The first kappa shape index (κ1) is 65.1. The Balaban J connectivity index is -0.000000213. The van der Waals surface area contributed by atoms with Crippen LogP contribution in [0.1, 0.15) is 109 Å². The second-order valence-corrected chi connectivity index (χ2v) is 13.7. The number of likely N-dealkylation sites (tertiary alicyclic amines) is 3. The minimum absolute atomic E-state index is 0. The van der Waals surface area contributed by atoms with Gasteiger partial charge in [0.2, 0.25) is 17.7 Å². The molecule has 3 aliphatic rings. The Bertz CT molecular complexity index is 1220. The predicted octanol–water partition coefficient (Wildman–Crippen LogP) is -0.339. The van der Waals surface area contributed by atoms with Crippen molar-refractivity contribution < 1.29 is 67.9 Å². The predicted molar refractivity (Wildman–Crippen MR) is 226 cm³/mol. The van der Waals surface area contributed by atoms with E-state index in [1.807, 2.05) is 0 Å². The van der Waals surface area contributed by atoms with E-state index in [1.54, 1.807) is 35.5 Å². The zero-order valence-corrected chi connectivity index (χ0v) is 35.8. The van der Waals surface area contributed by atoms with Gasteiger partial charge in [-0.25, -0.2) is 0 Å². The SMILES string of the molecule is C.C.CC(=O)OC(C)=O.CC(=O)O[C@H](C)[C@H](N)C(=O)N1CCCC1.CC(=O)O[C@H](C)[C@H](N)C(=O)N1CCCC1.C[C@@H](O)[C@H](N)C(=O)N1CCCC1.C[C@@H](O)[C@H](N)C(=O)O.Cl. The molecular weight excluding hydrogens is 814 g/mol. The number of carbonyl (C=O) groups excluding carboxylic acids is 7. The Morgan fingerprint density at radius 1 is 0.467 bits per heavy atom. The topological polar surface area (TPSA) is 339 Å². The first-order valence-corrected chi connectivity index (χ1v) is 18.9. The molecule has 0 aromatic heterocycles. The normalized spacial score (nSPS) is 17.6. The molecule has 0 aromatic rings. The summed E-state index contributed by atoms with van der Waals surface area (Å²) in [5, 5.41) is 25.6. The minimum Gasteiger partial charge on any atom is -0.480 e. The molecule has 8 atom stereocenters. The molecule has 11 N–H and O–H groups in total. The number of halogens is 1. The number of rotatable bonds is 10. The fraction of sp³-hybridized carbons (Fsp3) is 0.789. The molecule has 3 amide bonds. The maximum Gasteiger partial charge on any atom is 0.323 e. The molecule has 0 radical (unpaired) electrons. The molecule has 0 aromatic carbocycles. The molecule has 354 valence electrons. The number of hydrogen-bond donors (Lipinski definition) is 7. The van der Waals surface area contributed by atoms with Gasteiger partial charge in [0.1, 0.15) is 36.4 Å². The average Bonchev–Trinajstić information content (AvgIpc) is 3.94. The van der Waals surface area contributed by atoms with Crippen LogP contribution in [0.25, 0.3) is 0 Å². The van der Waals surface area contributed by atoms with E-state index < -0.39 is 78.4 Å². The lowest BCUT2D eigenvalue weighted by atomic mass is 10.1. The molecule has 3 fully saturated rings. The highest BCUT2D eigenvalue weighted by molar-refractivity contribution is 5.85. The number of carboxylic acid groups (broad SMARTS) is 1. The number of carbonyl (C=O) groups is 8. The van der Waals surface area contributed by atoms with Gasteiger partial charge >= 0.3 is 29.8 Å². The highest BCUT2D eigenvalue weighted by Crippen LogP contribution is 2.12. The van der Waals surface area contributed by atoms with E-state index in [0.717, 1.165) is 77.8 Å². The van der Waals surface area contributed by atoms with Gasteiger partial charge < -0.3 is 67.2 Å². The third-order valence-corrected chi connectivity index (χ3v) is 8.44. The number of amides is 3. The maximum atomic E-state index is 11.8. The van der Waals surface area contributed by atoms with Crippen LogP contribution < -0.4 is 22.9 Å². The molecule has 3 heterocycles. The lowest BCUT2D eigenvalue weighted by Gasteiger charge is -2.24. The van der Waals surface area contributed by atoms with Crippen LogP contribution in [0.5, 0.6) is 0 Å². The van der Waals surface area contributed by atoms with Gasteiger partial charge in [0.15, 0.2) is 0 Å². The molecule has 21 nitrogen and oxygen atoms in total. The molecule has 22 heteroatoms. The minimum atomic E-state index is -1.18. The van der Waals surface area contributed by atoms with Crippen molar-refractivity contribution >= 4 is 60.0 Å². The van der Waals surface area contributed by atoms with E-state index in [2.05, 4.69) is 4.74 Å². The number of nitrogens with zero attached hydrogens (tertiary/aromatic N) is 3. The van der Waals surface area contributed by atoms with Crippen molar-refractivity contribution in [3.05, 3.63) is 0 Å². The van der Waals surface area contributed by atoms with E-state index in [-0.39, 0.29) is 45.0 Å². The largest absolute Gasteiger partial charge is 0.480 e. The van der Waals surface area contributed by atoms with Crippen LogP contribution in [-0.2, 0) is 52.6 Å². The van der Waals surface area contributed by atoms with Crippen molar-refractivity contribution in [1.29, 1.82) is 0 Å². The summed E-state index contributed by atoms with van der Waals surface area (Å²) >= 11 is 0. The van der Waals surface area contributed by atoms with E-state index in [1.165, 1.54) is 34.6 Å². The molecule has 0 unspecified atom stereocenters. The Kier molecular flexibility index (Phi) is 37.7. The van der Waals surface area contributed by atoms with Crippen LogP contribution in [-0.4, -0.2) is 165 Å². The Hall–Kier alpha value is -3.99. The van der Waals surface area contributed by atoms with Crippen LogP contribution in [0, 0.1) is 0 Å². The zero-order valence-electron chi connectivity index (χ0n) is 35.0. The smallest absolute Gasteiger partial charge is 0.323 e. The Labute approximate surface area is 361 Å². The first-order chi connectivity index (χ1) is 26.3. The summed E-state index contributed by atoms with van der Waals surface area (Å²) in [6, 6.07) is -3.39. The van der Waals surface area contributed by atoms with Crippen LogP contribution in [0.4, 0.5) is 0 Å². The second-order valence-electron chi connectivity index (χ2n) is 13.7. The number of aliphatic hydroxyl groups excluding tert-OH is 2. The van der Waals surface area contributed by atoms with E-state index >= 15 is 0 Å². The van der Waals surface area contributed by atoms with Gasteiger partial charge in [-0.15, -0.1) is 12.4 Å². The molecule has 3 aliphatic heterocycles. The van der Waals surface area contributed by atoms with Crippen molar-refractivity contribution in [2.24, 2.45) is 22.9 Å². The lowest BCUT2D eigenvalue weighted by Crippen LogP contribution is -2.49. The molecule has 60 heavy (non-hydrogen) atoms. The Morgan fingerprint density at radius 3 is 0.850 bits per heavy atom. The van der Waals surface area contributed by atoms with Crippen molar-refractivity contribution in [2.75, 3.05) is 39.3 Å². The average molecular weight is 891 g/mol. The van der Waals surface area contributed by atoms with Crippen LogP contribution >= 0.6 is 12.4 Å². The number of aliphatic carboxylic acids is 1. The first-order valence-electron chi connectivity index (χ1n) is 18.9. The van der Waals surface area contributed by atoms with Gasteiger partial charge in [0, 0.05) is 67.0 Å². The molecule has 0 saturated carbocycles. The zero-order chi connectivity index (χ0) is 44.6. The summed E-state index contributed by atoms with van der Waals surface area (Å²) in [6.07, 6.45) is 3.37. The summed E-state index contributed by atoms with van der Waals surface area (Å²) in [5.74, 6) is -3.50. The number of carboxylic acids is 1. The summed E-state index contributed by atoms with van der Waals surface area (Å²) in [5.41, 5.74) is 21.8. The molecule has 3 rings (SSSR count). The van der Waals surface area contributed by atoms with Crippen LogP contribution in [0.2, 0.25) is 0 Å². The van der Waals surface area contributed by atoms with Gasteiger partial charge in [-0.05, 0) is 66.2 Å². The molecule has 0 bridgehead atoms. The van der Waals surface area contributed by atoms with Crippen molar-refractivity contribution in [2.45, 2.75) is 157 Å². The second kappa shape index (κ2) is 34.7. The number of nitrogens with two attached hydrogens (primary N) is 4. The molecule has 3 saturated heterocycles. The van der Waals surface area contributed by atoms with E-state index in [0.29, 0.717) is 0 Å². The number of aliphatic hydroxyl groups is 2. The van der Waals surface area contributed by atoms with Gasteiger partial charge in [0.05, 0.1) is 12.2 Å². The third kappa shape index (κ3) is 28.5. The van der Waals surface area contributed by atoms with Gasteiger partial charge in [-0.1, -0.05) is 14.9 Å². The maximum absolute atomic E-state index is 11.8. The summed E-state index contributed by atoms with van der Waals surface area (Å²) in [6.45, 7) is 15.8. The standard InChI is InChI=1S/2C10H18N2O3.C8H16N2O2.C4H9NO3.C4H6O3.2CH4.ClH/c2*1-7(15-8(2)13)9(11)10(14)12-5-3-4-6-12;1-6(11)7(9)8(12)10-4-2-3-5-10;1-2(6)3(5)4(7)8;1-3(5)7-4(2)6;;;/h2*7,9H,3-6,11H2,1-2H3;6-7,11H,2-5,9H2,1H3;2-3,6H,5H2,1H3,(H,7,8);1-2H3;2*1H4;1H/t2*7-,9+;6-,7+;2-,3+;;;;/m1111..../s1. The van der Waals surface area contributed by atoms with Gasteiger partial charge in [-0.3, -0.25) is 38.4 Å². The van der Waals surface area contributed by atoms with Gasteiger partial charge in [-0.2, -0.15) is 0 Å². The quantitative estimate of drug-likeness (QED) is 0.0838. The number of ether oxygens (including phenoxy) is 3. The fourth-order valence-electron chi connectivity index (χ4n) is 5.13. The van der Waals surface area contributed by atoms with Crippen molar-refractivity contribution in [1.82, 2.24) is 14.7 Å². The van der Waals surface area contributed by atoms with Gasteiger partial charge in [0.25, 0.3) is 0 Å². The van der Waals surface area contributed by atoms with Crippen LogP contribution in [0.3, 0.4) is 0 Å². The molecule has 0 aliphatic carbocycles. The highest BCUT2D eigenvalue weighted by Gasteiger charge is 2.30. The number of hydrogen-bond acceptors (Lipinski definition) is 17. The Morgan fingerprint density at radius 2 is 0.700 bits per heavy atom.